The first kappa shape index (κ1) is 17.9. The van der Waals surface area contributed by atoms with Crippen molar-refractivity contribution in [2.45, 2.75) is 45.6 Å². The summed E-state index contributed by atoms with van der Waals surface area (Å²) < 4.78 is 7.44. The third-order valence-electron chi connectivity index (χ3n) is 5.72. The molecule has 150 valence electrons. The zero-order chi connectivity index (χ0) is 20.1. The van der Waals surface area contributed by atoms with E-state index in [9.17, 15) is 4.79 Å². The zero-order valence-corrected chi connectivity index (χ0v) is 16.9. The van der Waals surface area contributed by atoms with Gasteiger partial charge in [-0.25, -0.2) is 9.78 Å². The van der Waals surface area contributed by atoms with Crippen LogP contribution in [0.15, 0.2) is 35.1 Å². The molecule has 0 aliphatic carbocycles. The molecule has 0 radical (unpaired) electrons. The molecule has 2 aliphatic heterocycles. The van der Waals surface area contributed by atoms with Gasteiger partial charge in [-0.3, -0.25) is 9.47 Å². The van der Waals surface area contributed by atoms with Crippen LogP contribution < -0.4 is 4.90 Å². The molecular formula is C21H24N6O2. The van der Waals surface area contributed by atoms with Gasteiger partial charge in [0.25, 0.3) is 0 Å². The highest BCUT2D eigenvalue weighted by Crippen LogP contribution is 2.42. The zero-order valence-electron chi connectivity index (χ0n) is 16.9. The number of imidazole rings is 1. The normalized spacial score (nSPS) is 18.3. The number of urea groups is 1. The molecule has 1 atom stereocenters. The summed E-state index contributed by atoms with van der Waals surface area (Å²) in [4.78, 5) is 26.4. The highest BCUT2D eigenvalue weighted by Gasteiger charge is 2.38. The van der Waals surface area contributed by atoms with Gasteiger partial charge in [0.15, 0.2) is 0 Å². The second-order valence-electron chi connectivity index (χ2n) is 7.97. The minimum absolute atomic E-state index is 0.0387. The van der Waals surface area contributed by atoms with Crippen molar-refractivity contribution in [3.05, 3.63) is 42.2 Å². The highest BCUT2D eigenvalue weighted by molar-refractivity contribution is 5.96. The lowest BCUT2D eigenvalue weighted by atomic mass is 10.1. The first-order valence-corrected chi connectivity index (χ1v) is 10.1. The number of carbonyl (C=O) groups is 1. The molecule has 2 aromatic heterocycles. The minimum atomic E-state index is -0.212. The van der Waals surface area contributed by atoms with Gasteiger partial charge in [-0.05, 0) is 31.9 Å². The highest BCUT2D eigenvalue weighted by atomic mass is 16.5. The van der Waals surface area contributed by atoms with Gasteiger partial charge in [-0.1, -0.05) is 31.1 Å². The lowest BCUT2D eigenvalue weighted by Gasteiger charge is -2.38. The van der Waals surface area contributed by atoms with E-state index in [0.717, 1.165) is 43.0 Å². The Bertz CT molecular complexity index is 1060. The number of anilines is 1. The summed E-state index contributed by atoms with van der Waals surface area (Å²) in [5.41, 5.74) is 3.37. The average Bonchev–Trinajstić information content (AvgIpc) is 3.47. The van der Waals surface area contributed by atoms with E-state index < -0.39 is 0 Å². The Morgan fingerprint density at radius 3 is 2.59 bits per heavy atom. The van der Waals surface area contributed by atoms with Crippen molar-refractivity contribution >= 4 is 11.7 Å². The van der Waals surface area contributed by atoms with Crippen LogP contribution in [0.5, 0.6) is 0 Å². The first-order chi connectivity index (χ1) is 14.1. The second-order valence-corrected chi connectivity index (χ2v) is 7.97. The number of benzene rings is 1. The molecule has 0 N–H and O–H groups in total. The topological polar surface area (TPSA) is 80.3 Å². The molecule has 3 aromatic rings. The maximum Gasteiger partial charge on any atom is 0.325 e. The molecule has 0 spiro atoms. The number of hydrogen-bond donors (Lipinski definition) is 0. The van der Waals surface area contributed by atoms with Gasteiger partial charge in [0.1, 0.15) is 12.0 Å². The summed E-state index contributed by atoms with van der Waals surface area (Å²) in [5.74, 6) is 1.18. The van der Waals surface area contributed by atoms with E-state index in [1.807, 2.05) is 59.4 Å². The van der Waals surface area contributed by atoms with Gasteiger partial charge in [0, 0.05) is 19.0 Å². The number of para-hydroxylation sites is 2. The molecule has 8 nitrogen and oxygen atoms in total. The fraction of sp³-hybridized carbons (Fsp3) is 0.429. The first-order valence-electron chi connectivity index (χ1n) is 10.1. The van der Waals surface area contributed by atoms with Crippen LogP contribution in [0.1, 0.15) is 57.2 Å². The van der Waals surface area contributed by atoms with Gasteiger partial charge in [-0.15, -0.1) is 0 Å². The number of likely N-dealkylation sites (tertiary alicyclic amines) is 1. The Hall–Kier alpha value is -3.16. The van der Waals surface area contributed by atoms with Crippen molar-refractivity contribution in [3.63, 3.8) is 0 Å². The van der Waals surface area contributed by atoms with Crippen molar-refractivity contribution in [2.24, 2.45) is 0 Å². The predicted molar refractivity (Wildman–Crippen MR) is 108 cm³/mol. The molecular weight excluding hydrogens is 368 g/mol. The molecule has 0 bridgehead atoms. The standard InChI is InChI=1S/C21H24N6O2/c1-13(2)20-23-19(24-29-20)17-18-14(3)27(21(28)25-10-6-7-11-25)16-9-5-4-8-15(16)26(18)12-22-17/h4-5,8-9,12-14H,6-7,10-11H2,1-3H3/t14-/m0/s1. The van der Waals surface area contributed by atoms with Crippen LogP contribution in [0.4, 0.5) is 10.5 Å². The van der Waals surface area contributed by atoms with E-state index in [0.29, 0.717) is 17.4 Å². The van der Waals surface area contributed by atoms with Crippen LogP contribution in [0.3, 0.4) is 0 Å². The summed E-state index contributed by atoms with van der Waals surface area (Å²) >= 11 is 0. The van der Waals surface area contributed by atoms with Crippen molar-refractivity contribution < 1.29 is 9.32 Å². The molecule has 1 fully saturated rings. The van der Waals surface area contributed by atoms with E-state index in [2.05, 4.69) is 15.1 Å². The Balaban J connectivity index is 1.64. The van der Waals surface area contributed by atoms with E-state index in [4.69, 9.17) is 4.52 Å². The van der Waals surface area contributed by atoms with Crippen LogP contribution in [0.25, 0.3) is 17.2 Å². The molecule has 8 heteroatoms. The van der Waals surface area contributed by atoms with E-state index >= 15 is 0 Å². The summed E-state index contributed by atoms with van der Waals surface area (Å²) in [7, 11) is 0. The monoisotopic (exact) mass is 392 g/mol. The van der Waals surface area contributed by atoms with Crippen LogP contribution in [0.2, 0.25) is 0 Å². The Morgan fingerprint density at radius 2 is 1.90 bits per heavy atom. The lowest BCUT2D eigenvalue weighted by molar-refractivity contribution is 0.213. The summed E-state index contributed by atoms with van der Waals surface area (Å²) in [5, 5.41) is 4.15. The Labute approximate surface area is 169 Å². The molecule has 0 unspecified atom stereocenters. The average molecular weight is 392 g/mol. The molecule has 0 saturated carbocycles. The maximum atomic E-state index is 13.4. The third kappa shape index (κ3) is 2.73. The molecule has 29 heavy (non-hydrogen) atoms. The quantitative estimate of drug-likeness (QED) is 0.655. The SMILES string of the molecule is CC(C)c1nc(-c2ncn3c2[C@H](C)N(C(=O)N2CCCC2)c2ccccc2-3)no1. The molecule has 5 rings (SSSR count). The number of aromatic nitrogens is 4. The third-order valence-corrected chi connectivity index (χ3v) is 5.72. The fourth-order valence-corrected chi connectivity index (χ4v) is 4.22. The summed E-state index contributed by atoms with van der Waals surface area (Å²) in [6, 6.07) is 7.77. The number of carbonyl (C=O) groups excluding carboxylic acids is 1. The van der Waals surface area contributed by atoms with E-state index in [1.54, 1.807) is 6.33 Å². The van der Waals surface area contributed by atoms with Gasteiger partial charge < -0.3 is 9.42 Å². The molecule has 2 aliphatic rings. The smallest absolute Gasteiger partial charge is 0.325 e. The maximum absolute atomic E-state index is 13.4. The largest absolute Gasteiger partial charge is 0.339 e. The number of fused-ring (bicyclic) bond motifs is 3. The lowest BCUT2D eigenvalue weighted by Crippen LogP contribution is -2.45. The van der Waals surface area contributed by atoms with Crippen molar-refractivity contribution in [1.82, 2.24) is 24.6 Å². The Kier molecular flexibility index (Phi) is 4.15. The van der Waals surface area contributed by atoms with E-state index in [1.165, 1.54) is 0 Å². The number of amides is 2. The summed E-state index contributed by atoms with van der Waals surface area (Å²) in [6.45, 7) is 7.66. The predicted octanol–water partition coefficient (Wildman–Crippen LogP) is 4.14. The number of nitrogens with zero attached hydrogens (tertiary/aromatic N) is 6. The van der Waals surface area contributed by atoms with Crippen LogP contribution >= 0.6 is 0 Å². The fourth-order valence-electron chi connectivity index (χ4n) is 4.22. The van der Waals surface area contributed by atoms with Crippen molar-refractivity contribution in [3.8, 4) is 17.2 Å². The molecule has 4 heterocycles. The Morgan fingerprint density at radius 1 is 1.17 bits per heavy atom. The van der Waals surface area contributed by atoms with Gasteiger partial charge in [0.2, 0.25) is 11.7 Å². The van der Waals surface area contributed by atoms with Crippen LogP contribution in [-0.2, 0) is 0 Å². The van der Waals surface area contributed by atoms with Crippen LogP contribution in [0, 0.1) is 0 Å². The van der Waals surface area contributed by atoms with Crippen LogP contribution in [-0.4, -0.2) is 43.7 Å². The number of rotatable bonds is 2. The van der Waals surface area contributed by atoms with Crippen molar-refractivity contribution in [1.29, 1.82) is 0 Å². The van der Waals surface area contributed by atoms with Crippen molar-refractivity contribution in [2.75, 3.05) is 18.0 Å². The molecule has 1 aromatic carbocycles. The summed E-state index contributed by atoms with van der Waals surface area (Å²) in [6.07, 6.45) is 3.89. The van der Waals surface area contributed by atoms with Gasteiger partial charge in [-0.2, -0.15) is 4.98 Å². The molecule has 2 amide bonds. The molecule has 1 saturated heterocycles. The van der Waals surface area contributed by atoms with E-state index in [-0.39, 0.29) is 18.0 Å². The minimum Gasteiger partial charge on any atom is -0.339 e. The van der Waals surface area contributed by atoms with Gasteiger partial charge >= 0.3 is 6.03 Å². The second kappa shape index (κ2) is 6.72. The number of hydrogen-bond acceptors (Lipinski definition) is 5. The van der Waals surface area contributed by atoms with Gasteiger partial charge in [0.05, 0.1) is 23.1 Å².